The highest BCUT2D eigenvalue weighted by Crippen LogP contribution is 2.18. The van der Waals surface area contributed by atoms with E-state index in [1.54, 1.807) is 32.0 Å². The first kappa shape index (κ1) is 16.9. The summed E-state index contributed by atoms with van der Waals surface area (Å²) in [6.07, 6.45) is -0.775. The summed E-state index contributed by atoms with van der Waals surface area (Å²) >= 11 is 0. The van der Waals surface area contributed by atoms with Crippen molar-refractivity contribution in [3.05, 3.63) is 70.3 Å². The maximum atomic E-state index is 13.3. The lowest BCUT2D eigenvalue weighted by Crippen LogP contribution is -2.28. The summed E-state index contributed by atoms with van der Waals surface area (Å²) in [6, 6.07) is 14.2. The van der Waals surface area contributed by atoms with E-state index in [9.17, 15) is 9.90 Å². The van der Waals surface area contributed by atoms with Gasteiger partial charge < -0.3 is 10.8 Å². The molecule has 2 aromatic carbocycles. The molecule has 0 fully saturated rings. The molecule has 3 aromatic rings. The van der Waals surface area contributed by atoms with Gasteiger partial charge in [-0.05, 0) is 38.1 Å². The molecule has 3 N–H and O–H groups in total. The zero-order valence-corrected chi connectivity index (χ0v) is 14.1. The zero-order chi connectivity index (χ0) is 18.0. The van der Waals surface area contributed by atoms with Crippen molar-refractivity contribution < 1.29 is 5.11 Å². The van der Waals surface area contributed by atoms with E-state index in [4.69, 9.17) is 5.73 Å². The van der Waals surface area contributed by atoms with Crippen LogP contribution >= 0.6 is 0 Å². The van der Waals surface area contributed by atoms with E-state index in [0.29, 0.717) is 28.0 Å². The quantitative estimate of drug-likeness (QED) is 0.704. The molecule has 126 valence electrons. The molecule has 0 aliphatic carbocycles. The number of para-hydroxylation sites is 1. The van der Waals surface area contributed by atoms with E-state index in [0.717, 1.165) is 0 Å². The molecule has 25 heavy (non-hydrogen) atoms. The average Bonchev–Trinajstić information content (AvgIpc) is 2.60. The topological polar surface area (TPSA) is 81.1 Å². The van der Waals surface area contributed by atoms with Crippen molar-refractivity contribution in [2.24, 2.45) is 5.73 Å². The third-order valence-electron chi connectivity index (χ3n) is 3.76. The van der Waals surface area contributed by atoms with Gasteiger partial charge >= 0.3 is 0 Å². The van der Waals surface area contributed by atoms with Crippen LogP contribution in [-0.4, -0.2) is 20.8 Å². The highest BCUT2D eigenvalue weighted by molar-refractivity contribution is 5.84. The lowest BCUT2D eigenvalue weighted by Gasteiger charge is -2.16. The summed E-state index contributed by atoms with van der Waals surface area (Å²) in [7, 11) is 0. The Hall–Kier alpha value is -2.94. The van der Waals surface area contributed by atoms with Crippen LogP contribution in [0, 0.1) is 11.8 Å². The van der Waals surface area contributed by atoms with Crippen LogP contribution in [0.25, 0.3) is 16.6 Å². The number of rotatable bonds is 2. The molecule has 0 radical (unpaired) electrons. The minimum Gasteiger partial charge on any atom is -0.381 e. The molecule has 0 aliphatic heterocycles. The van der Waals surface area contributed by atoms with Crippen molar-refractivity contribution in [3.63, 3.8) is 0 Å². The first-order valence-electron chi connectivity index (χ1n) is 8.05. The van der Waals surface area contributed by atoms with Gasteiger partial charge in [0.15, 0.2) is 0 Å². The van der Waals surface area contributed by atoms with E-state index in [2.05, 4.69) is 16.8 Å². The Kier molecular flexibility index (Phi) is 4.66. The Balaban J connectivity index is 2.41. The summed E-state index contributed by atoms with van der Waals surface area (Å²) in [5.74, 6) is 6.04. The van der Waals surface area contributed by atoms with Crippen LogP contribution in [0.4, 0.5) is 0 Å². The van der Waals surface area contributed by atoms with Crippen molar-refractivity contribution in [2.45, 2.75) is 26.0 Å². The highest BCUT2D eigenvalue weighted by Gasteiger charge is 2.17. The normalized spacial score (nSPS) is 13.1. The molecule has 0 saturated carbocycles. The molecular weight excluding hydrogens is 314 g/mol. The summed E-state index contributed by atoms with van der Waals surface area (Å²) in [5.41, 5.74) is 7.63. The predicted molar refractivity (Wildman–Crippen MR) is 98.5 cm³/mol. The molecule has 2 unspecified atom stereocenters. The van der Waals surface area contributed by atoms with Crippen LogP contribution < -0.4 is 11.3 Å². The van der Waals surface area contributed by atoms with Crippen LogP contribution in [0.15, 0.2) is 53.3 Å². The third-order valence-corrected chi connectivity index (χ3v) is 3.76. The largest absolute Gasteiger partial charge is 0.381 e. The summed E-state index contributed by atoms with van der Waals surface area (Å²) in [4.78, 5) is 17.9. The van der Waals surface area contributed by atoms with Crippen LogP contribution in [-0.2, 0) is 0 Å². The SMILES string of the molecule is CC(O)C#Cc1cccc2nc(C(C)N)n(-c3ccccc3)c(=O)c12. The molecule has 1 heterocycles. The summed E-state index contributed by atoms with van der Waals surface area (Å²) in [5, 5.41) is 9.84. The minimum absolute atomic E-state index is 0.223. The van der Waals surface area contributed by atoms with E-state index in [1.807, 2.05) is 30.3 Å². The second-order valence-electron chi connectivity index (χ2n) is 5.88. The Bertz CT molecular complexity index is 1030. The van der Waals surface area contributed by atoms with Gasteiger partial charge in [-0.3, -0.25) is 9.36 Å². The second-order valence-corrected chi connectivity index (χ2v) is 5.88. The first-order chi connectivity index (χ1) is 12.0. The summed E-state index contributed by atoms with van der Waals surface area (Å²) < 4.78 is 1.53. The van der Waals surface area contributed by atoms with Gasteiger partial charge in [-0.2, -0.15) is 0 Å². The number of nitrogens with two attached hydrogens (primary N) is 1. The molecule has 0 spiro atoms. The maximum Gasteiger partial charge on any atom is 0.267 e. The van der Waals surface area contributed by atoms with E-state index in [-0.39, 0.29) is 5.56 Å². The van der Waals surface area contributed by atoms with Gasteiger partial charge in [0.2, 0.25) is 0 Å². The number of hydrogen-bond acceptors (Lipinski definition) is 4. The summed E-state index contributed by atoms with van der Waals surface area (Å²) in [6.45, 7) is 3.37. The maximum absolute atomic E-state index is 13.3. The van der Waals surface area contributed by atoms with Gasteiger partial charge in [0.1, 0.15) is 11.9 Å². The Labute approximate surface area is 145 Å². The Morgan fingerprint density at radius 3 is 2.48 bits per heavy atom. The van der Waals surface area contributed by atoms with Crippen molar-refractivity contribution in [1.29, 1.82) is 0 Å². The monoisotopic (exact) mass is 333 g/mol. The molecule has 0 amide bonds. The van der Waals surface area contributed by atoms with Gasteiger partial charge in [0.05, 0.1) is 22.6 Å². The minimum atomic E-state index is -0.775. The number of hydrogen-bond donors (Lipinski definition) is 2. The van der Waals surface area contributed by atoms with Crippen molar-refractivity contribution in [1.82, 2.24) is 9.55 Å². The lowest BCUT2D eigenvalue weighted by atomic mass is 10.1. The number of nitrogens with zero attached hydrogens (tertiary/aromatic N) is 2. The Morgan fingerprint density at radius 1 is 1.12 bits per heavy atom. The molecule has 5 nitrogen and oxygen atoms in total. The lowest BCUT2D eigenvalue weighted by molar-refractivity contribution is 0.253. The Morgan fingerprint density at radius 2 is 1.84 bits per heavy atom. The second kappa shape index (κ2) is 6.89. The molecule has 5 heteroatoms. The number of aliphatic hydroxyl groups excluding tert-OH is 1. The molecule has 0 bridgehead atoms. The number of benzene rings is 2. The molecule has 0 saturated heterocycles. The van der Waals surface area contributed by atoms with Crippen LogP contribution in [0.2, 0.25) is 0 Å². The van der Waals surface area contributed by atoms with Gasteiger partial charge in [0, 0.05) is 5.56 Å². The van der Waals surface area contributed by atoms with Crippen LogP contribution in [0.3, 0.4) is 0 Å². The van der Waals surface area contributed by atoms with Crippen molar-refractivity contribution in [2.75, 3.05) is 0 Å². The number of aliphatic hydroxyl groups is 1. The zero-order valence-electron chi connectivity index (χ0n) is 14.1. The molecule has 1 aromatic heterocycles. The fourth-order valence-corrected chi connectivity index (χ4v) is 2.67. The van der Waals surface area contributed by atoms with Gasteiger partial charge in [-0.15, -0.1) is 0 Å². The van der Waals surface area contributed by atoms with E-state index < -0.39 is 12.1 Å². The van der Waals surface area contributed by atoms with E-state index >= 15 is 0 Å². The standard InChI is InChI=1S/C20H19N3O2/c1-13(24)11-12-15-7-6-10-17-18(15)20(25)23(19(22-17)14(2)21)16-8-4-3-5-9-16/h3-10,13-14,24H,21H2,1-2H3. The average molecular weight is 333 g/mol. The first-order valence-corrected chi connectivity index (χ1v) is 8.05. The number of fused-ring (bicyclic) bond motifs is 1. The van der Waals surface area contributed by atoms with Crippen molar-refractivity contribution in [3.8, 4) is 17.5 Å². The molecule has 3 rings (SSSR count). The van der Waals surface area contributed by atoms with Crippen LogP contribution in [0.5, 0.6) is 0 Å². The van der Waals surface area contributed by atoms with E-state index in [1.165, 1.54) is 4.57 Å². The fourth-order valence-electron chi connectivity index (χ4n) is 2.67. The predicted octanol–water partition coefficient (Wildman–Crippen LogP) is 2.14. The smallest absolute Gasteiger partial charge is 0.267 e. The number of aromatic nitrogens is 2. The van der Waals surface area contributed by atoms with Gasteiger partial charge in [-0.1, -0.05) is 36.1 Å². The molecule has 0 aliphatic rings. The van der Waals surface area contributed by atoms with Gasteiger partial charge in [0.25, 0.3) is 5.56 Å². The highest BCUT2D eigenvalue weighted by atomic mass is 16.3. The molecular formula is C20H19N3O2. The van der Waals surface area contributed by atoms with Crippen molar-refractivity contribution >= 4 is 10.9 Å². The molecule has 2 atom stereocenters. The van der Waals surface area contributed by atoms with Crippen LogP contribution in [0.1, 0.15) is 31.3 Å². The third kappa shape index (κ3) is 3.31. The van der Waals surface area contributed by atoms with Gasteiger partial charge in [-0.25, -0.2) is 4.98 Å². The fraction of sp³-hybridized carbons (Fsp3) is 0.200.